The molecule has 0 saturated carbocycles. The molecule has 0 amide bonds. The first-order valence-corrected chi connectivity index (χ1v) is 17.6. The summed E-state index contributed by atoms with van der Waals surface area (Å²) in [6.07, 6.45) is 16.3. The molecule has 270 valence electrons. The Bertz CT molecular complexity index is 1260. The molecule has 2 rings (SSSR count). The Labute approximate surface area is 295 Å². The second-order valence-corrected chi connectivity index (χ2v) is 11.8. The Morgan fingerprint density at radius 3 is 1.04 bits per heavy atom. The van der Waals surface area contributed by atoms with Gasteiger partial charge >= 0.3 is 35.8 Å². The quantitative estimate of drug-likeness (QED) is 0.0332. The fourth-order valence-corrected chi connectivity index (χ4v) is 4.80. The molecule has 0 aliphatic rings. The lowest BCUT2D eigenvalue weighted by Crippen LogP contribution is -2.13. The number of rotatable bonds is 25. The number of carbonyl (C=O) groups is 6. The molecule has 0 aliphatic carbocycles. The summed E-state index contributed by atoms with van der Waals surface area (Å²) < 4.78 is 19.9. The molecule has 10 nitrogen and oxygen atoms in total. The van der Waals surface area contributed by atoms with Crippen molar-refractivity contribution in [2.45, 2.75) is 103 Å². The van der Waals surface area contributed by atoms with E-state index < -0.39 is 23.9 Å². The molecule has 0 N–H and O–H groups in total. The summed E-state index contributed by atoms with van der Waals surface area (Å²) >= 11 is 0. The first-order valence-electron chi connectivity index (χ1n) is 17.6. The highest BCUT2D eigenvalue weighted by atomic mass is 16.6. The maximum absolute atomic E-state index is 11.9. The molecule has 0 aliphatic heterocycles. The minimum Gasteiger partial charge on any atom is -0.462 e. The van der Waals surface area contributed by atoms with Gasteiger partial charge < -0.3 is 18.9 Å². The lowest BCUT2D eigenvalue weighted by Gasteiger charge is -2.07. The van der Waals surface area contributed by atoms with Gasteiger partial charge in [-0.05, 0) is 49.0 Å². The fourth-order valence-electron chi connectivity index (χ4n) is 4.80. The molecule has 0 radical (unpaired) electrons. The fraction of sp³-hybridized carbons (Fsp3) is 0.450. The molecule has 0 bridgehead atoms. The van der Waals surface area contributed by atoms with Crippen molar-refractivity contribution in [2.24, 2.45) is 0 Å². The Morgan fingerprint density at radius 2 is 0.700 bits per heavy atom. The van der Waals surface area contributed by atoms with Crippen LogP contribution in [0.3, 0.4) is 0 Å². The predicted octanol–water partition coefficient (Wildman–Crippen LogP) is 7.88. The van der Waals surface area contributed by atoms with Crippen molar-refractivity contribution >= 4 is 48.0 Å². The maximum Gasteiger partial charge on any atom is 0.338 e. The first-order chi connectivity index (χ1) is 24.3. The van der Waals surface area contributed by atoms with Crippen molar-refractivity contribution in [2.75, 3.05) is 13.2 Å². The van der Waals surface area contributed by atoms with Crippen LogP contribution in [0.5, 0.6) is 0 Å². The first kappa shape index (κ1) is 41.3. The van der Waals surface area contributed by atoms with Crippen LogP contribution in [0.4, 0.5) is 0 Å². The van der Waals surface area contributed by atoms with Crippen molar-refractivity contribution in [1.82, 2.24) is 0 Å². The standard InChI is InChI=1S/C40H50O10/c41-35(23-15-5-1-3-7-17-25-37(43)49-39(45)29-27-33-19-11-9-12-20-33)47-31-32-48-36(42)24-16-6-2-4-8-18-26-38(44)50-40(46)30-28-34-21-13-10-14-22-34/h9-14,19-22,27-30H,1-8,15-18,23-26,31-32H2/b29-27+,30-28+. The van der Waals surface area contributed by atoms with Crippen LogP contribution in [0.15, 0.2) is 72.8 Å². The number of unbranched alkanes of at least 4 members (excludes halogenated alkanes) is 10. The Hall–Kier alpha value is -4.86. The van der Waals surface area contributed by atoms with Gasteiger partial charge in [-0.15, -0.1) is 0 Å². The predicted molar refractivity (Wildman–Crippen MR) is 189 cm³/mol. The molecule has 0 fully saturated rings. The van der Waals surface area contributed by atoms with E-state index in [1.54, 1.807) is 12.2 Å². The van der Waals surface area contributed by atoms with E-state index in [4.69, 9.17) is 18.9 Å². The molecule has 0 heterocycles. The lowest BCUT2D eigenvalue weighted by molar-refractivity contribution is -0.158. The van der Waals surface area contributed by atoms with Crippen LogP contribution in [0.1, 0.15) is 114 Å². The SMILES string of the molecule is O=C(/C=C/c1ccccc1)OC(=O)CCCCCCCCC(=O)OCCOC(=O)CCCCCCCCC(=O)OC(=O)/C=C/c1ccccc1. The third-order valence-corrected chi connectivity index (χ3v) is 7.48. The van der Waals surface area contributed by atoms with E-state index in [2.05, 4.69) is 0 Å². The zero-order valence-electron chi connectivity index (χ0n) is 28.9. The second-order valence-electron chi connectivity index (χ2n) is 11.8. The van der Waals surface area contributed by atoms with Crippen molar-refractivity contribution in [3.05, 3.63) is 83.9 Å². The Balaban J connectivity index is 1.32. The van der Waals surface area contributed by atoms with Gasteiger partial charge in [0.15, 0.2) is 0 Å². The molecule has 0 aromatic heterocycles. The molecule has 50 heavy (non-hydrogen) atoms. The van der Waals surface area contributed by atoms with Crippen LogP contribution in [0.25, 0.3) is 12.2 Å². The van der Waals surface area contributed by atoms with Crippen LogP contribution in [-0.2, 0) is 47.7 Å². The van der Waals surface area contributed by atoms with E-state index in [0.29, 0.717) is 38.5 Å². The third-order valence-electron chi connectivity index (χ3n) is 7.48. The maximum atomic E-state index is 11.9. The van der Waals surface area contributed by atoms with Crippen LogP contribution < -0.4 is 0 Å². The topological polar surface area (TPSA) is 139 Å². The average molecular weight is 691 g/mol. The minimum absolute atomic E-state index is 0.0303. The monoisotopic (exact) mass is 690 g/mol. The summed E-state index contributed by atoms with van der Waals surface area (Å²) in [5.74, 6) is -3.08. The van der Waals surface area contributed by atoms with E-state index >= 15 is 0 Å². The van der Waals surface area contributed by atoms with Gasteiger partial charge in [0.05, 0.1) is 0 Å². The van der Waals surface area contributed by atoms with Crippen molar-refractivity contribution < 1.29 is 47.7 Å². The van der Waals surface area contributed by atoms with Crippen molar-refractivity contribution in [1.29, 1.82) is 0 Å². The molecule has 10 heteroatoms. The highest BCUT2D eigenvalue weighted by molar-refractivity contribution is 5.95. The van der Waals surface area contributed by atoms with Gasteiger partial charge in [0.25, 0.3) is 0 Å². The highest BCUT2D eigenvalue weighted by Gasteiger charge is 2.09. The number of ether oxygens (including phenoxy) is 4. The lowest BCUT2D eigenvalue weighted by atomic mass is 10.1. The zero-order valence-corrected chi connectivity index (χ0v) is 28.9. The van der Waals surface area contributed by atoms with Crippen molar-refractivity contribution in [3.8, 4) is 0 Å². The van der Waals surface area contributed by atoms with E-state index in [0.717, 1.165) is 62.5 Å². The van der Waals surface area contributed by atoms with E-state index in [9.17, 15) is 28.8 Å². The van der Waals surface area contributed by atoms with Gasteiger partial charge in [-0.25, -0.2) is 9.59 Å². The van der Waals surface area contributed by atoms with Crippen LogP contribution in [0.2, 0.25) is 0 Å². The minimum atomic E-state index is -0.678. The summed E-state index contributed by atoms with van der Waals surface area (Å²) in [5, 5.41) is 0. The van der Waals surface area contributed by atoms with Crippen LogP contribution in [-0.4, -0.2) is 49.0 Å². The van der Waals surface area contributed by atoms with Crippen LogP contribution >= 0.6 is 0 Å². The Morgan fingerprint density at radius 1 is 0.400 bits per heavy atom. The molecule has 2 aromatic carbocycles. The number of carbonyl (C=O) groups excluding carboxylic acids is 6. The largest absolute Gasteiger partial charge is 0.462 e. The van der Waals surface area contributed by atoms with Gasteiger partial charge in [0, 0.05) is 37.8 Å². The van der Waals surface area contributed by atoms with E-state index in [1.807, 2.05) is 60.7 Å². The summed E-state index contributed by atoms with van der Waals surface area (Å²) in [6.45, 7) is 0.0607. The molecular formula is C40H50O10. The van der Waals surface area contributed by atoms with Gasteiger partial charge in [0.2, 0.25) is 0 Å². The zero-order chi connectivity index (χ0) is 36.1. The number of hydrogen-bond acceptors (Lipinski definition) is 10. The summed E-state index contributed by atoms with van der Waals surface area (Å²) in [7, 11) is 0. The molecule has 0 saturated heterocycles. The van der Waals surface area contributed by atoms with Crippen molar-refractivity contribution in [3.63, 3.8) is 0 Å². The van der Waals surface area contributed by atoms with Gasteiger partial charge in [-0.1, -0.05) is 112 Å². The van der Waals surface area contributed by atoms with Gasteiger partial charge in [-0.3, -0.25) is 19.2 Å². The number of benzene rings is 2. The summed E-state index contributed by atoms with van der Waals surface area (Å²) in [5.41, 5.74) is 1.69. The molecule has 2 aromatic rings. The highest BCUT2D eigenvalue weighted by Crippen LogP contribution is 2.12. The van der Waals surface area contributed by atoms with Gasteiger partial charge in [0.1, 0.15) is 13.2 Å². The second kappa shape index (κ2) is 27.0. The molecule has 0 atom stereocenters. The normalized spacial score (nSPS) is 11.0. The summed E-state index contributed by atoms with van der Waals surface area (Å²) in [6, 6.07) is 18.5. The summed E-state index contributed by atoms with van der Waals surface area (Å²) in [4.78, 5) is 70.9. The van der Waals surface area contributed by atoms with E-state index in [1.165, 1.54) is 12.2 Å². The average Bonchev–Trinajstić information content (AvgIpc) is 3.11. The van der Waals surface area contributed by atoms with Gasteiger partial charge in [-0.2, -0.15) is 0 Å². The Kier molecular flexibility index (Phi) is 22.3. The smallest absolute Gasteiger partial charge is 0.338 e. The van der Waals surface area contributed by atoms with Crippen LogP contribution in [0, 0.1) is 0 Å². The third kappa shape index (κ3) is 22.7. The molecule has 0 unspecified atom stereocenters. The number of hydrogen-bond donors (Lipinski definition) is 0. The molecule has 0 spiro atoms. The number of esters is 6. The van der Waals surface area contributed by atoms with E-state index in [-0.39, 0.29) is 38.0 Å². The molecular weight excluding hydrogens is 640 g/mol.